The van der Waals surface area contributed by atoms with Gasteiger partial charge in [-0.15, -0.1) is 0 Å². The van der Waals surface area contributed by atoms with Crippen molar-refractivity contribution in [2.24, 2.45) is 5.73 Å². The molecule has 0 radical (unpaired) electrons. The van der Waals surface area contributed by atoms with Gasteiger partial charge in [0.25, 0.3) is 0 Å². The molecule has 2 aromatic rings. The molecule has 0 fully saturated rings. The van der Waals surface area contributed by atoms with Gasteiger partial charge in [0.15, 0.2) is 0 Å². The second-order valence-corrected chi connectivity index (χ2v) is 8.37. The summed E-state index contributed by atoms with van der Waals surface area (Å²) in [5, 5.41) is 0. The molecule has 0 aliphatic carbocycles. The van der Waals surface area contributed by atoms with Crippen molar-refractivity contribution in [2.45, 2.75) is 51.6 Å². The van der Waals surface area contributed by atoms with Crippen molar-refractivity contribution < 1.29 is 22.3 Å². The van der Waals surface area contributed by atoms with Crippen molar-refractivity contribution in [1.82, 2.24) is 9.88 Å². The zero-order valence-corrected chi connectivity index (χ0v) is 18.6. The van der Waals surface area contributed by atoms with Crippen LogP contribution in [0, 0.1) is 0 Å². The van der Waals surface area contributed by atoms with Crippen LogP contribution in [0.3, 0.4) is 0 Å². The molecule has 30 heavy (non-hydrogen) atoms. The number of nitrogens with two attached hydrogens (primary N) is 1. The normalized spacial score (nSPS) is 13.6. The van der Waals surface area contributed by atoms with Gasteiger partial charge in [0.2, 0.25) is 5.91 Å². The number of amides is 1. The molecule has 4 N–H and O–H groups in total. The summed E-state index contributed by atoms with van der Waals surface area (Å²) < 4.78 is 31.6. The van der Waals surface area contributed by atoms with Gasteiger partial charge < -0.3 is 5.73 Å². The maximum Gasteiger partial charge on any atom is 0.394 e. The molecule has 0 bridgehead atoms. The SMILES string of the molecule is CC(C)N(CCC(C(N)=O)(c1ccccc1)c1ccccn1)C(C)C.O=S(=O)(O)O. The Labute approximate surface area is 178 Å². The number of hydrogen-bond acceptors (Lipinski definition) is 5. The van der Waals surface area contributed by atoms with Gasteiger partial charge in [0, 0.05) is 24.8 Å². The molecule has 1 unspecified atom stereocenters. The van der Waals surface area contributed by atoms with Crippen LogP contribution in [0.2, 0.25) is 0 Å². The van der Waals surface area contributed by atoms with Crippen molar-refractivity contribution in [3.63, 3.8) is 0 Å². The number of aromatic nitrogens is 1. The van der Waals surface area contributed by atoms with E-state index in [1.54, 1.807) is 6.20 Å². The molecule has 1 aromatic heterocycles. The predicted molar refractivity (Wildman–Crippen MR) is 116 cm³/mol. The summed E-state index contributed by atoms with van der Waals surface area (Å²) in [5.41, 5.74) is 6.66. The molecule has 8 nitrogen and oxygen atoms in total. The zero-order valence-electron chi connectivity index (χ0n) is 17.8. The smallest absolute Gasteiger partial charge is 0.369 e. The highest BCUT2D eigenvalue weighted by Crippen LogP contribution is 2.35. The molecule has 0 spiro atoms. The van der Waals surface area contributed by atoms with Crippen molar-refractivity contribution in [3.05, 3.63) is 66.0 Å². The number of nitrogens with zero attached hydrogens (tertiary/aromatic N) is 2. The number of hydrogen-bond donors (Lipinski definition) is 3. The molecular weight excluding hydrogens is 406 g/mol. The average molecular weight is 438 g/mol. The van der Waals surface area contributed by atoms with Crippen molar-refractivity contribution >= 4 is 16.3 Å². The summed E-state index contributed by atoms with van der Waals surface area (Å²) >= 11 is 0. The van der Waals surface area contributed by atoms with Crippen LogP contribution in [0.4, 0.5) is 0 Å². The van der Waals surface area contributed by atoms with E-state index >= 15 is 0 Å². The van der Waals surface area contributed by atoms with Gasteiger partial charge >= 0.3 is 10.4 Å². The number of benzene rings is 1. The van der Waals surface area contributed by atoms with E-state index in [1.165, 1.54) is 0 Å². The van der Waals surface area contributed by atoms with Gasteiger partial charge in [-0.2, -0.15) is 8.42 Å². The van der Waals surface area contributed by atoms with E-state index in [4.69, 9.17) is 23.3 Å². The molecule has 0 aliphatic heterocycles. The Hall–Kier alpha value is -2.33. The molecule has 2 rings (SSSR count). The van der Waals surface area contributed by atoms with E-state index in [0.29, 0.717) is 24.2 Å². The highest BCUT2D eigenvalue weighted by molar-refractivity contribution is 7.79. The average Bonchev–Trinajstić information content (AvgIpc) is 2.64. The number of primary amides is 1. The summed E-state index contributed by atoms with van der Waals surface area (Å²) in [4.78, 5) is 19.6. The highest BCUT2D eigenvalue weighted by atomic mass is 32.3. The Morgan fingerprint density at radius 2 is 1.53 bits per heavy atom. The lowest BCUT2D eigenvalue weighted by molar-refractivity contribution is -0.122. The first-order chi connectivity index (χ1) is 13.9. The van der Waals surface area contributed by atoms with Crippen molar-refractivity contribution in [3.8, 4) is 0 Å². The van der Waals surface area contributed by atoms with Crippen molar-refractivity contribution in [1.29, 1.82) is 0 Å². The van der Waals surface area contributed by atoms with Gasteiger partial charge in [0.1, 0.15) is 5.41 Å². The third-order valence-electron chi connectivity index (χ3n) is 4.86. The summed E-state index contributed by atoms with van der Waals surface area (Å²) in [5.74, 6) is -0.357. The van der Waals surface area contributed by atoms with Gasteiger partial charge in [0.05, 0.1) is 5.69 Å². The highest BCUT2D eigenvalue weighted by Gasteiger charge is 2.42. The minimum absolute atomic E-state index is 0.357. The number of rotatable bonds is 8. The first-order valence-corrected chi connectivity index (χ1v) is 11.0. The lowest BCUT2D eigenvalue weighted by Gasteiger charge is -2.36. The Morgan fingerprint density at radius 1 is 1.03 bits per heavy atom. The molecule has 1 amide bonds. The second-order valence-electron chi connectivity index (χ2n) is 7.47. The Kier molecular flexibility index (Phi) is 9.57. The lowest BCUT2D eigenvalue weighted by atomic mass is 9.73. The summed E-state index contributed by atoms with van der Waals surface area (Å²) in [6, 6.07) is 16.2. The molecule has 0 saturated heterocycles. The third kappa shape index (κ3) is 7.49. The van der Waals surface area contributed by atoms with Crippen LogP contribution in [0.1, 0.15) is 45.4 Å². The first kappa shape index (κ1) is 25.7. The summed E-state index contributed by atoms with van der Waals surface area (Å²) in [6.07, 6.45) is 2.32. The third-order valence-corrected chi connectivity index (χ3v) is 4.86. The molecule has 9 heteroatoms. The molecule has 0 saturated carbocycles. The van der Waals surface area contributed by atoms with Crippen LogP contribution in [-0.2, 0) is 20.6 Å². The second kappa shape index (κ2) is 11.2. The van der Waals surface area contributed by atoms with E-state index in [9.17, 15) is 4.79 Å². The summed E-state index contributed by atoms with van der Waals surface area (Å²) in [7, 11) is -4.67. The van der Waals surface area contributed by atoms with Gasteiger partial charge in [-0.05, 0) is 51.8 Å². The van der Waals surface area contributed by atoms with Crippen molar-refractivity contribution in [2.75, 3.05) is 6.54 Å². The van der Waals surface area contributed by atoms with Crippen LogP contribution in [0.15, 0.2) is 54.7 Å². The topological polar surface area (TPSA) is 134 Å². The predicted octanol–water partition coefficient (Wildman–Crippen LogP) is 2.71. The zero-order chi connectivity index (χ0) is 22.9. The Morgan fingerprint density at radius 3 is 1.93 bits per heavy atom. The van der Waals surface area contributed by atoms with Crippen LogP contribution >= 0.6 is 0 Å². The largest absolute Gasteiger partial charge is 0.394 e. The standard InChI is InChI=1S/C21H29N3O.H2O4S/c1-16(2)24(17(3)4)15-13-21(20(22)25,18-10-6-5-7-11-18)19-12-8-9-14-23-19;1-5(2,3)4/h5-12,14,16-17H,13,15H2,1-4H3,(H2,22,25);(H2,1,2,3,4). The number of pyridine rings is 1. The molecule has 1 aromatic carbocycles. The molecule has 0 aliphatic rings. The van der Waals surface area contributed by atoms with Crippen LogP contribution in [-0.4, -0.2) is 51.9 Å². The quantitative estimate of drug-likeness (QED) is 0.541. The maximum absolute atomic E-state index is 12.7. The Balaban J connectivity index is 0.000000804. The summed E-state index contributed by atoms with van der Waals surface area (Å²) in [6.45, 7) is 9.47. The van der Waals surface area contributed by atoms with E-state index in [-0.39, 0.29) is 5.91 Å². The monoisotopic (exact) mass is 437 g/mol. The fourth-order valence-corrected chi connectivity index (χ4v) is 3.56. The lowest BCUT2D eigenvalue weighted by Crippen LogP contribution is -2.47. The van der Waals surface area contributed by atoms with Gasteiger partial charge in [-0.3, -0.25) is 23.8 Å². The van der Waals surface area contributed by atoms with E-state index in [0.717, 1.165) is 12.1 Å². The number of carbonyl (C=O) groups is 1. The van der Waals surface area contributed by atoms with Crippen LogP contribution < -0.4 is 5.73 Å². The fraction of sp³-hybridized carbons (Fsp3) is 0.429. The van der Waals surface area contributed by atoms with Crippen LogP contribution in [0.25, 0.3) is 0 Å². The van der Waals surface area contributed by atoms with Crippen LogP contribution in [0.5, 0.6) is 0 Å². The van der Waals surface area contributed by atoms with Gasteiger partial charge in [-0.25, -0.2) is 0 Å². The minimum atomic E-state index is -4.67. The van der Waals surface area contributed by atoms with E-state index < -0.39 is 15.8 Å². The first-order valence-electron chi connectivity index (χ1n) is 9.62. The molecule has 166 valence electrons. The molecule has 1 atom stereocenters. The number of carbonyl (C=O) groups excluding carboxylic acids is 1. The fourth-order valence-electron chi connectivity index (χ4n) is 3.56. The molecular formula is C21H31N3O5S. The minimum Gasteiger partial charge on any atom is -0.369 e. The van der Waals surface area contributed by atoms with E-state index in [1.807, 2.05) is 48.5 Å². The maximum atomic E-state index is 12.7. The Bertz CT molecular complexity index is 832. The van der Waals surface area contributed by atoms with Gasteiger partial charge in [-0.1, -0.05) is 36.4 Å². The van der Waals surface area contributed by atoms with E-state index in [2.05, 4.69) is 37.6 Å². The molecule has 1 heterocycles.